The molecule has 0 spiro atoms. The second kappa shape index (κ2) is 2.65. The van der Waals surface area contributed by atoms with E-state index in [2.05, 4.69) is 0 Å². The molecule has 0 aromatic heterocycles. The van der Waals surface area contributed by atoms with Gasteiger partial charge in [0.15, 0.2) is 0 Å². The van der Waals surface area contributed by atoms with E-state index in [4.69, 9.17) is 0 Å². The number of nitrogens with zero attached hydrogens (tertiary/aromatic N) is 2. The SMILES string of the molecule is CCN1C(=O)[C@H]2CSCN2C1=O. The minimum atomic E-state index is -0.164. The number of imide groups is 1. The van der Waals surface area contributed by atoms with E-state index in [9.17, 15) is 9.59 Å². The molecule has 2 rings (SSSR count). The van der Waals surface area contributed by atoms with E-state index in [-0.39, 0.29) is 18.0 Å². The number of amides is 3. The standard InChI is InChI=1S/C7H10N2O2S/c1-2-8-6(10)5-3-12-4-9(5)7(8)11/h5H,2-4H2,1H3/t5-/m1/s1. The van der Waals surface area contributed by atoms with E-state index in [1.54, 1.807) is 16.7 Å². The summed E-state index contributed by atoms with van der Waals surface area (Å²) < 4.78 is 0. The van der Waals surface area contributed by atoms with Gasteiger partial charge in [-0.05, 0) is 6.92 Å². The molecule has 66 valence electrons. The van der Waals surface area contributed by atoms with Crippen molar-refractivity contribution < 1.29 is 9.59 Å². The number of hydrogen-bond acceptors (Lipinski definition) is 3. The fourth-order valence-electron chi connectivity index (χ4n) is 1.56. The van der Waals surface area contributed by atoms with Gasteiger partial charge in [-0.15, -0.1) is 11.8 Å². The molecule has 5 heteroatoms. The van der Waals surface area contributed by atoms with E-state index in [0.717, 1.165) is 5.75 Å². The summed E-state index contributed by atoms with van der Waals surface area (Å²) in [4.78, 5) is 25.9. The normalized spacial score (nSPS) is 28.6. The summed E-state index contributed by atoms with van der Waals surface area (Å²) in [6.45, 7) is 2.32. The molecule has 3 amide bonds. The van der Waals surface area contributed by atoms with Crippen LogP contribution in [-0.4, -0.2) is 46.0 Å². The number of thioether (sulfide) groups is 1. The summed E-state index contributed by atoms with van der Waals surface area (Å²) in [6.07, 6.45) is 0. The smallest absolute Gasteiger partial charge is 0.302 e. The average molecular weight is 186 g/mol. The molecule has 0 aromatic rings. The Morgan fingerprint density at radius 2 is 2.33 bits per heavy atom. The number of carbonyl (C=O) groups excluding carboxylic acids is 2. The summed E-state index contributed by atoms with van der Waals surface area (Å²) in [5.74, 6) is 1.42. The molecule has 12 heavy (non-hydrogen) atoms. The first-order chi connectivity index (χ1) is 5.75. The maximum atomic E-state index is 11.5. The van der Waals surface area contributed by atoms with Crippen LogP contribution in [-0.2, 0) is 4.79 Å². The Labute approximate surface area is 74.9 Å². The van der Waals surface area contributed by atoms with Crippen molar-refractivity contribution in [2.45, 2.75) is 13.0 Å². The largest absolute Gasteiger partial charge is 0.328 e. The quantitative estimate of drug-likeness (QED) is 0.555. The van der Waals surface area contributed by atoms with Gasteiger partial charge in [0.2, 0.25) is 0 Å². The van der Waals surface area contributed by atoms with Crippen LogP contribution in [0.1, 0.15) is 6.92 Å². The monoisotopic (exact) mass is 186 g/mol. The number of hydrogen-bond donors (Lipinski definition) is 0. The summed E-state index contributed by atoms with van der Waals surface area (Å²) in [7, 11) is 0. The van der Waals surface area contributed by atoms with E-state index in [1.807, 2.05) is 6.92 Å². The number of urea groups is 1. The molecular formula is C7H10N2O2S. The van der Waals surface area contributed by atoms with Crippen LogP contribution in [0.3, 0.4) is 0 Å². The molecule has 0 unspecified atom stereocenters. The lowest BCUT2D eigenvalue weighted by Gasteiger charge is -2.12. The highest BCUT2D eigenvalue weighted by atomic mass is 32.2. The average Bonchev–Trinajstić information content (AvgIpc) is 2.58. The highest BCUT2D eigenvalue weighted by Gasteiger charge is 2.46. The highest BCUT2D eigenvalue weighted by Crippen LogP contribution is 2.28. The number of likely N-dealkylation sites (N-methyl/N-ethyl adjacent to an activating group) is 1. The molecule has 0 radical (unpaired) electrons. The van der Waals surface area contributed by atoms with Crippen LogP contribution in [0, 0.1) is 0 Å². The molecule has 1 atom stereocenters. The first kappa shape index (κ1) is 7.91. The maximum absolute atomic E-state index is 11.5. The third-order valence-electron chi connectivity index (χ3n) is 2.23. The lowest BCUT2D eigenvalue weighted by Crippen LogP contribution is -2.32. The molecule has 0 aromatic carbocycles. The van der Waals surface area contributed by atoms with Crippen molar-refractivity contribution in [1.82, 2.24) is 9.80 Å². The van der Waals surface area contributed by atoms with Gasteiger partial charge in [0.05, 0.1) is 5.88 Å². The van der Waals surface area contributed by atoms with Gasteiger partial charge in [-0.3, -0.25) is 9.69 Å². The molecule has 2 aliphatic rings. The zero-order valence-corrected chi connectivity index (χ0v) is 7.63. The fourth-order valence-corrected chi connectivity index (χ4v) is 2.69. The Hall–Kier alpha value is -0.710. The van der Waals surface area contributed by atoms with Gasteiger partial charge in [-0.1, -0.05) is 0 Å². The van der Waals surface area contributed by atoms with Gasteiger partial charge in [-0.2, -0.15) is 0 Å². The zero-order chi connectivity index (χ0) is 8.72. The minimum absolute atomic E-state index is 0.0208. The van der Waals surface area contributed by atoms with E-state index < -0.39 is 0 Å². The Morgan fingerprint density at radius 1 is 1.58 bits per heavy atom. The summed E-state index contributed by atoms with van der Waals surface area (Å²) in [5.41, 5.74) is 0. The lowest BCUT2D eigenvalue weighted by molar-refractivity contribution is -0.127. The minimum Gasteiger partial charge on any atom is -0.302 e. The molecule has 2 heterocycles. The van der Waals surface area contributed by atoms with Crippen molar-refractivity contribution in [2.75, 3.05) is 18.2 Å². The van der Waals surface area contributed by atoms with Crippen LogP contribution in [0.4, 0.5) is 4.79 Å². The van der Waals surface area contributed by atoms with Crippen LogP contribution in [0.2, 0.25) is 0 Å². The van der Waals surface area contributed by atoms with E-state index in [0.29, 0.717) is 12.4 Å². The first-order valence-corrected chi connectivity index (χ1v) is 5.11. The summed E-state index contributed by atoms with van der Waals surface area (Å²) >= 11 is 1.64. The Kier molecular flexibility index (Phi) is 1.75. The van der Waals surface area contributed by atoms with Gasteiger partial charge in [0.1, 0.15) is 6.04 Å². The lowest BCUT2D eigenvalue weighted by atomic mass is 10.3. The van der Waals surface area contributed by atoms with Crippen LogP contribution >= 0.6 is 11.8 Å². The molecule has 0 N–H and O–H groups in total. The molecule has 2 saturated heterocycles. The molecular weight excluding hydrogens is 176 g/mol. The van der Waals surface area contributed by atoms with Crippen LogP contribution < -0.4 is 0 Å². The predicted octanol–water partition coefficient (Wildman–Crippen LogP) is 0.343. The Morgan fingerprint density at radius 3 is 2.92 bits per heavy atom. The second-order valence-corrected chi connectivity index (χ2v) is 3.85. The number of carbonyl (C=O) groups is 2. The van der Waals surface area contributed by atoms with Gasteiger partial charge < -0.3 is 4.90 Å². The van der Waals surface area contributed by atoms with Gasteiger partial charge in [-0.25, -0.2) is 4.79 Å². The van der Waals surface area contributed by atoms with E-state index in [1.165, 1.54) is 4.90 Å². The third-order valence-corrected chi connectivity index (χ3v) is 3.24. The second-order valence-electron chi connectivity index (χ2n) is 2.85. The molecule has 2 aliphatic heterocycles. The van der Waals surface area contributed by atoms with Crippen molar-refractivity contribution in [2.24, 2.45) is 0 Å². The predicted molar refractivity (Wildman–Crippen MR) is 45.7 cm³/mol. The Balaban J connectivity index is 2.25. The topological polar surface area (TPSA) is 40.6 Å². The number of rotatable bonds is 1. The Bertz CT molecular complexity index is 222. The molecule has 0 aliphatic carbocycles. The van der Waals surface area contributed by atoms with Crippen LogP contribution in [0.15, 0.2) is 0 Å². The van der Waals surface area contributed by atoms with E-state index >= 15 is 0 Å². The molecule has 0 bridgehead atoms. The van der Waals surface area contributed by atoms with Crippen LogP contribution in [0.5, 0.6) is 0 Å². The van der Waals surface area contributed by atoms with Crippen molar-refractivity contribution in [3.63, 3.8) is 0 Å². The van der Waals surface area contributed by atoms with Gasteiger partial charge in [0, 0.05) is 12.3 Å². The maximum Gasteiger partial charge on any atom is 0.328 e. The van der Waals surface area contributed by atoms with Crippen molar-refractivity contribution in [3.05, 3.63) is 0 Å². The zero-order valence-electron chi connectivity index (χ0n) is 6.82. The highest BCUT2D eigenvalue weighted by molar-refractivity contribution is 7.99. The van der Waals surface area contributed by atoms with Crippen molar-refractivity contribution >= 4 is 23.7 Å². The third kappa shape index (κ3) is 0.857. The first-order valence-electron chi connectivity index (χ1n) is 3.95. The molecule has 2 fully saturated rings. The fraction of sp³-hybridized carbons (Fsp3) is 0.714. The van der Waals surface area contributed by atoms with Crippen molar-refractivity contribution in [3.8, 4) is 0 Å². The van der Waals surface area contributed by atoms with Crippen molar-refractivity contribution in [1.29, 1.82) is 0 Å². The van der Waals surface area contributed by atoms with Gasteiger partial charge >= 0.3 is 6.03 Å². The summed E-state index contributed by atoms with van der Waals surface area (Å²) in [5, 5.41) is 0. The molecule has 4 nitrogen and oxygen atoms in total. The summed E-state index contributed by atoms with van der Waals surface area (Å²) in [6, 6.07) is -0.278. The number of fused-ring (bicyclic) bond motifs is 1. The van der Waals surface area contributed by atoms with Gasteiger partial charge in [0.25, 0.3) is 5.91 Å². The molecule has 0 saturated carbocycles. The van der Waals surface area contributed by atoms with Crippen LogP contribution in [0.25, 0.3) is 0 Å².